The van der Waals surface area contributed by atoms with E-state index in [1.54, 1.807) is 7.11 Å². The van der Waals surface area contributed by atoms with E-state index in [0.29, 0.717) is 0 Å². The Hall–Kier alpha value is -0.300. The van der Waals surface area contributed by atoms with Crippen molar-refractivity contribution in [3.63, 3.8) is 0 Å². The topological polar surface area (TPSA) is 9.23 Å². The van der Waals surface area contributed by atoms with E-state index >= 15 is 0 Å². The van der Waals surface area contributed by atoms with Crippen LogP contribution >= 0.6 is 0 Å². The van der Waals surface area contributed by atoms with E-state index in [1.807, 2.05) is 6.08 Å². The molecule has 0 aliphatic heterocycles. The van der Waals surface area contributed by atoms with Crippen molar-refractivity contribution in [1.29, 1.82) is 0 Å². The number of rotatable bonds is 6. The maximum atomic E-state index is 4.90. The zero-order chi connectivity index (χ0) is 6.95. The largest absolute Gasteiger partial charge is 0.385 e. The maximum absolute atomic E-state index is 4.90. The predicted octanol–water partition coefficient (Wildman–Crippen LogP) is 2.38. The van der Waals surface area contributed by atoms with Crippen molar-refractivity contribution in [3.05, 3.63) is 12.7 Å². The molecular weight excluding hydrogens is 112 g/mol. The third-order valence-corrected chi connectivity index (χ3v) is 1.26. The predicted molar refractivity (Wildman–Crippen MR) is 40.5 cm³/mol. The first-order valence-corrected chi connectivity index (χ1v) is 3.51. The lowest BCUT2D eigenvalue weighted by molar-refractivity contribution is 0.192. The first kappa shape index (κ1) is 8.70. The number of ether oxygens (including phenoxy) is 1. The molecule has 1 heteroatoms. The van der Waals surface area contributed by atoms with Gasteiger partial charge in [0.15, 0.2) is 0 Å². The molecule has 0 saturated carbocycles. The van der Waals surface area contributed by atoms with Gasteiger partial charge in [-0.15, -0.1) is 6.58 Å². The lowest BCUT2D eigenvalue weighted by Crippen LogP contribution is -1.86. The lowest BCUT2D eigenvalue weighted by Gasteiger charge is -1.95. The van der Waals surface area contributed by atoms with Crippen LogP contribution in [0, 0.1) is 0 Å². The van der Waals surface area contributed by atoms with Gasteiger partial charge in [-0.05, 0) is 19.3 Å². The molecule has 0 fully saturated rings. The second-order valence-electron chi connectivity index (χ2n) is 2.13. The van der Waals surface area contributed by atoms with Crippen molar-refractivity contribution >= 4 is 0 Å². The molecule has 0 aliphatic rings. The third kappa shape index (κ3) is 7.70. The van der Waals surface area contributed by atoms with E-state index in [2.05, 4.69) is 6.58 Å². The first-order chi connectivity index (χ1) is 4.41. The van der Waals surface area contributed by atoms with E-state index in [4.69, 9.17) is 4.74 Å². The molecule has 1 nitrogen and oxygen atoms in total. The molecular formula is C8H16O. The fraction of sp³-hybridized carbons (Fsp3) is 0.750. The van der Waals surface area contributed by atoms with Gasteiger partial charge in [-0.3, -0.25) is 0 Å². The van der Waals surface area contributed by atoms with Crippen LogP contribution in [-0.4, -0.2) is 13.7 Å². The summed E-state index contributed by atoms with van der Waals surface area (Å²) >= 11 is 0. The monoisotopic (exact) mass is 128 g/mol. The van der Waals surface area contributed by atoms with E-state index in [9.17, 15) is 0 Å². The molecule has 0 aromatic rings. The summed E-state index contributed by atoms with van der Waals surface area (Å²) in [6.45, 7) is 4.55. The number of hydrogen-bond acceptors (Lipinski definition) is 1. The molecule has 0 rings (SSSR count). The molecule has 0 unspecified atom stereocenters. The fourth-order valence-electron chi connectivity index (χ4n) is 0.712. The van der Waals surface area contributed by atoms with Gasteiger partial charge in [0.2, 0.25) is 0 Å². The van der Waals surface area contributed by atoms with Crippen molar-refractivity contribution in [3.8, 4) is 0 Å². The van der Waals surface area contributed by atoms with Crippen LogP contribution in [0.1, 0.15) is 25.7 Å². The van der Waals surface area contributed by atoms with Gasteiger partial charge >= 0.3 is 0 Å². The van der Waals surface area contributed by atoms with Crippen LogP contribution in [0.5, 0.6) is 0 Å². The van der Waals surface area contributed by atoms with Gasteiger partial charge in [-0.2, -0.15) is 0 Å². The molecule has 0 saturated heterocycles. The Morgan fingerprint density at radius 3 is 2.67 bits per heavy atom. The quantitative estimate of drug-likeness (QED) is 0.394. The number of allylic oxidation sites excluding steroid dienone is 1. The standard InChI is InChI=1S/C8H16O/c1-3-4-5-6-7-8-9-2/h3H,1,4-8H2,2H3. The summed E-state index contributed by atoms with van der Waals surface area (Å²) in [6.07, 6.45) is 6.81. The van der Waals surface area contributed by atoms with Crippen LogP contribution in [0.15, 0.2) is 12.7 Å². The molecule has 0 radical (unpaired) electrons. The van der Waals surface area contributed by atoms with Crippen molar-refractivity contribution < 1.29 is 4.74 Å². The first-order valence-electron chi connectivity index (χ1n) is 3.51. The Labute approximate surface area is 57.7 Å². The SMILES string of the molecule is C=CCCCCCOC. The average molecular weight is 128 g/mol. The Kier molecular flexibility index (Phi) is 7.44. The summed E-state index contributed by atoms with van der Waals surface area (Å²) in [5.41, 5.74) is 0. The van der Waals surface area contributed by atoms with Crippen LogP contribution in [0.25, 0.3) is 0 Å². The Morgan fingerprint density at radius 2 is 2.11 bits per heavy atom. The molecule has 0 heterocycles. The number of unbranched alkanes of at least 4 members (excludes halogenated alkanes) is 3. The Bertz CT molecular complexity index is 59.6. The summed E-state index contributed by atoms with van der Waals surface area (Å²) in [4.78, 5) is 0. The summed E-state index contributed by atoms with van der Waals surface area (Å²) in [5, 5.41) is 0. The van der Waals surface area contributed by atoms with E-state index in [0.717, 1.165) is 13.0 Å². The fourth-order valence-corrected chi connectivity index (χ4v) is 0.712. The average Bonchev–Trinajstić information content (AvgIpc) is 1.89. The summed E-state index contributed by atoms with van der Waals surface area (Å²) < 4.78 is 4.90. The van der Waals surface area contributed by atoms with Gasteiger partial charge in [0, 0.05) is 13.7 Å². The van der Waals surface area contributed by atoms with Crippen LogP contribution in [0.3, 0.4) is 0 Å². The van der Waals surface area contributed by atoms with Gasteiger partial charge in [-0.1, -0.05) is 12.5 Å². The van der Waals surface area contributed by atoms with Crippen LogP contribution < -0.4 is 0 Å². The molecule has 0 aliphatic carbocycles. The van der Waals surface area contributed by atoms with E-state index in [-0.39, 0.29) is 0 Å². The highest BCUT2D eigenvalue weighted by atomic mass is 16.5. The van der Waals surface area contributed by atoms with Gasteiger partial charge in [0.1, 0.15) is 0 Å². The molecule has 9 heavy (non-hydrogen) atoms. The maximum Gasteiger partial charge on any atom is 0.0462 e. The highest BCUT2D eigenvalue weighted by Crippen LogP contribution is 1.99. The summed E-state index contributed by atoms with van der Waals surface area (Å²) in [6, 6.07) is 0. The molecule has 0 aromatic heterocycles. The Balaban J connectivity index is 2.66. The van der Waals surface area contributed by atoms with Crippen LogP contribution in [-0.2, 0) is 4.74 Å². The molecule has 0 atom stereocenters. The number of hydrogen-bond donors (Lipinski definition) is 0. The second-order valence-corrected chi connectivity index (χ2v) is 2.13. The molecule has 0 aromatic carbocycles. The van der Waals surface area contributed by atoms with Gasteiger partial charge in [0.25, 0.3) is 0 Å². The van der Waals surface area contributed by atoms with E-state index in [1.165, 1.54) is 19.3 Å². The minimum absolute atomic E-state index is 0.900. The summed E-state index contributed by atoms with van der Waals surface area (Å²) in [7, 11) is 1.74. The zero-order valence-corrected chi connectivity index (χ0v) is 6.23. The van der Waals surface area contributed by atoms with Crippen LogP contribution in [0.2, 0.25) is 0 Å². The van der Waals surface area contributed by atoms with Gasteiger partial charge < -0.3 is 4.74 Å². The minimum Gasteiger partial charge on any atom is -0.385 e. The van der Waals surface area contributed by atoms with Gasteiger partial charge in [0.05, 0.1) is 0 Å². The molecule has 0 spiro atoms. The minimum atomic E-state index is 0.900. The van der Waals surface area contributed by atoms with Crippen molar-refractivity contribution in [2.24, 2.45) is 0 Å². The smallest absolute Gasteiger partial charge is 0.0462 e. The van der Waals surface area contributed by atoms with Crippen molar-refractivity contribution in [2.45, 2.75) is 25.7 Å². The summed E-state index contributed by atoms with van der Waals surface area (Å²) in [5.74, 6) is 0. The zero-order valence-electron chi connectivity index (χ0n) is 6.23. The van der Waals surface area contributed by atoms with Gasteiger partial charge in [-0.25, -0.2) is 0 Å². The lowest BCUT2D eigenvalue weighted by atomic mass is 10.2. The highest BCUT2D eigenvalue weighted by Gasteiger charge is 1.84. The number of methoxy groups -OCH3 is 1. The molecule has 0 amide bonds. The van der Waals surface area contributed by atoms with Crippen molar-refractivity contribution in [2.75, 3.05) is 13.7 Å². The second kappa shape index (κ2) is 7.70. The Morgan fingerprint density at radius 1 is 1.33 bits per heavy atom. The third-order valence-electron chi connectivity index (χ3n) is 1.26. The molecule has 0 bridgehead atoms. The van der Waals surface area contributed by atoms with Crippen molar-refractivity contribution in [1.82, 2.24) is 0 Å². The van der Waals surface area contributed by atoms with E-state index < -0.39 is 0 Å². The normalized spacial score (nSPS) is 9.44. The molecule has 54 valence electrons. The van der Waals surface area contributed by atoms with Crippen LogP contribution in [0.4, 0.5) is 0 Å². The molecule has 0 N–H and O–H groups in total. The highest BCUT2D eigenvalue weighted by molar-refractivity contribution is 4.65.